The fourth-order valence-corrected chi connectivity index (χ4v) is 2.21. The lowest BCUT2D eigenvalue weighted by atomic mass is 10.4. The fraction of sp³-hybridized carbons (Fsp3) is 0.154. The highest BCUT2D eigenvalue weighted by Gasteiger charge is 2.15. The summed E-state index contributed by atoms with van der Waals surface area (Å²) in [4.78, 5) is 16.8. The number of rotatable bonds is 4. The number of carbonyl (C=O) groups excluding carboxylic acids is 1. The summed E-state index contributed by atoms with van der Waals surface area (Å²) in [5, 5.41) is 5.56. The van der Waals surface area contributed by atoms with Gasteiger partial charge in [-0.1, -0.05) is 11.2 Å². The Kier molecular flexibility index (Phi) is 3.34. The van der Waals surface area contributed by atoms with Gasteiger partial charge in [0.2, 0.25) is 11.7 Å². The molecule has 0 unspecified atom stereocenters. The van der Waals surface area contributed by atoms with Gasteiger partial charge in [0, 0.05) is 6.07 Å². The zero-order chi connectivity index (χ0) is 13.9. The van der Waals surface area contributed by atoms with Crippen LogP contribution in [0.25, 0.3) is 10.8 Å². The SMILES string of the molecule is Cc1cc(C(=O)OCc2coc(-c3cccs3)n2)on1. The van der Waals surface area contributed by atoms with E-state index in [2.05, 4.69) is 10.1 Å². The minimum atomic E-state index is -0.578. The van der Waals surface area contributed by atoms with Crippen LogP contribution in [0, 0.1) is 6.92 Å². The van der Waals surface area contributed by atoms with Crippen molar-refractivity contribution in [2.75, 3.05) is 0 Å². The summed E-state index contributed by atoms with van der Waals surface area (Å²) in [5.41, 5.74) is 1.16. The van der Waals surface area contributed by atoms with E-state index in [1.54, 1.807) is 6.92 Å². The van der Waals surface area contributed by atoms with Crippen LogP contribution in [0.15, 0.2) is 38.8 Å². The van der Waals surface area contributed by atoms with Gasteiger partial charge in [0.15, 0.2) is 0 Å². The highest BCUT2D eigenvalue weighted by Crippen LogP contribution is 2.23. The summed E-state index contributed by atoms with van der Waals surface area (Å²) in [5.74, 6) is 0.0114. The maximum absolute atomic E-state index is 11.7. The molecule has 0 fully saturated rings. The van der Waals surface area contributed by atoms with Crippen molar-refractivity contribution in [2.45, 2.75) is 13.5 Å². The molecule has 7 heteroatoms. The van der Waals surface area contributed by atoms with Gasteiger partial charge in [-0.2, -0.15) is 0 Å². The molecule has 102 valence electrons. The van der Waals surface area contributed by atoms with Gasteiger partial charge in [0.25, 0.3) is 0 Å². The lowest BCUT2D eigenvalue weighted by Gasteiger charge is -1.97. The Morgan fingerprint density at radius 2 is 2.40 bits per heavy atom. The highest BCUT2D eigenvalue weighted by atomic mass is 32.1. The number of hydrogen-bond acceptors (Lipinski definition) is 7. The van der Waals surface area contributed by atoms with Crippen LogP contribution in [0.2, 0.25) is 0 Å². The maximum atomic E-state index is 11.7. The van der Waals surface area contributed by atoms with Gasteiger partial charge >= 0.3 is 5.97 Å². The van der Waals surface area contributed by atoms with Gasteiger partial charge in [0.05, 0.1) is 10.6 Å². The third kappa shape index (κ3) is 2.62. The monoisotopic (exact) mass is 290 g/mol. The average molecular weight is 290 g/mol. The predicted molar refractivity (Wildman–Crippen MR) is 70.2 cm³/mol. The van der Waals surface area contributed by atoms with E-state index in [4.69, 9.17) is 13.7 Å². The van der Waals surface area contributed by atoms with E-state index in [1.807, 2.05) is 17.5 Å². The van der Waals surface area contributed by atoms with Gasteiger partial charge in [0.1, 0.15) is 18.6 Å². The van der Waals surface area contributed by atoms with Crippen molar-refractivity contribution in [3.8, 4) is 10.8 Å². The molecule has 6 nitrogen and oxygen atoms in total. The standard InChI is InChI=1S/C13H10N2O4S/c1-8-5-10(19-15-8)13(16)18-7-9-6-17-12(14-9)11-3-2-4-20-11/h2-6H,7H2,1H3. The zero-order valence-electron chi connectivity index (χ0n) is 10.5. The van der Waals surface area contributed by atoms with Crippen LogP contribution in [-0.2, 0) is 11.3 Å². The number of thiophene rings is 1. The largest absolute Gasteiger partial charge is 0.453 e. The topological polar surface area (TPSA) is 78.4 Å². The van der Waals surface area contributed by atoms with Gasteiger partial charge in [-0.25, -0.2) is 9.78 Å². The first-order valence-corrected chi connectivity index (χ1v) is 6.69. The number of ether oxygens (including phenoxy) is 1. The number of oxazole rings is 1. The summed E-state index contributed by atoms with van der Waals surface area (Å²) < 4.78 is 15.2. The number of carbonyl (C=O) groups is 1. The second kappa shape index (κ2) is 5.30. The van der Waals surface area contributed by atoms with Crippen LogP contribution in [0.4, 0.5) is 0 Å². The molecule has 0 bridgehead atoms. The molecule has 0 aliphatic heterocycles. The van der Waals surface area contributed by atoms with Crippen LogP contribution in [0.3, 0.4) is 0 Å². The molecule has 0 N–H and O–H groups in total. The predicted octanol–water partition coefficient (Wildman–Crippen LogP) is 3.06. The first-order chi connectivity index (χ1) is 9.72. The van der Waals surface area contributed by atoms with E-state index in [0.717, 1.165) is 4.88 Å². The van der Waals surface area contributed by atoms with Crippen LogP contribution >= 0.6 is 11.3 Å². The Morgan fingerprint density at radius 3 is 3.10 bits per heavy atom. The zero-order valence-corrected chi connectivity index (χ0v) is 11.3. The van der Waals surface area contributed by atoms with Crippen molar-refractivity contribution in [3.63, 3.8) is 0 Å². The van der Waals surface area contributed by atoms with E-state index in [1.165, 1.54) is 23.7 Å². The Morgan fingerprint density at radius 1 is 1.50 bits per heavy atom. The molecule has 3 aromatic heterocycles. The molecule has 0 spiro atoms. The van der Waals surface area contributed by atoms with Crippen LogP contribution < -0.4 is 0 Å². The molecule has 0 amide bonds. The van der Waals surface area contributed by atoms with Crippen molar-refractivity contribution in [2.24, 2.45) is 0 Å². The minimum Gasteiger partial charge on any atom is -0.453 e. The second-order valence-electron chi connectivity index (χ2n) is 4.03. The van der Waals surface area contributed by atoms with E-state index in [9.17, 15) is 4.79 Å². The summed E-state index contributed by atoms with van der Waals surface area (Å²) in [6.45, 7) is 1.75. The molecule has 0 saturated carbocycles. The normalized spacial score (nSPS) is 10.7. The van der Waals surface area contributed by atoms with Crippen molar-refractivity contribution in [1.82, 2.24) is 10.1 Å². The molecule has 0 saturated heterocycles. The lowest BCUT2D eigenvalue weighted by molar-refractivity contribution is 0.0421. The van der Waals surface area contributed by atoms with Crippen LogP contribution in [0.1, 0.15) is 21.9 Å². The molecule has 0 aliphatic rings. The number of aromatic nitrogens is 2. The summed E-state index contributed by atoms with van der Waals surface area (Å²) in [7, 11) is 0. The van der Waals surface area contributed by atoms with Gasteiger partial charge < -0.3 is 13.7 Å². The third-order valence-electron chi connectivity index (χ3n) is 2.46. The Labute approximate surface area is 118 Å². The summed E-state index contributed by atoms with van der Waals surface area (Å²) in [6.07, 6.45) is 1.47. The molecule has 20 heavy (non-hydrogen) atoms. The number of aryl methyl sites for hydroxylation is 1. The summed E-state index contributed by atoms with van der Waals surface area (Å²) >= 11 is 1.53. The molecule has 0 aromatic carbocycles. The molecule has 0 atom stereocenters. The summed E-state index contributed by atoms with van der Waals surface area (Å²) in [6, 6.07) is 5.34. The second-order valence-corrected chi connectivity index (χ2v) is 4.98. The number of nitrogens with zero attached hydrogens (tertiary/aromatic N) is 2. The van der Waals surface area contributed by atoms with E-state index >= 15 is 0 Å². The molecule has 3 aromatic rings. The lowest BCUT2D eigenvalue weighted by Crippen LogP contribution is -2.04. The third-order valence-corrected chi connectivity index (χ3v) is 3.32. The first-order valence-electron chi connectivity index (χ1n) is 5.81. The Hall–Kier alpha value is -2.41. The van der Waals surface area contributed by atoms with Crippen molar-refractivity contribution in [1.29, 1.82) is 0 Å². The molecule has 3 heterocycles. The molecular formula is C13H10N2O4S. The van der Waals surface area contributed by atoms with E-state index < -0.39 is 5.97 Å². The molecular weight excluding hydrogens is 280 g/mol. The van der Waals surface area contributed by atoms with Crippen molar-refractivity contribution >= 4 is 17.3 Å². The fourth-order valence-electron chi connectivity index (χ4n) is 1.56. The smallest absolute Gasteiger partial charge is 0.377 e. The minimum absolute atomic E-state index is 0.0213. The molecule has 0 radical (unpaired) electrons. The quantitative estimate of drug-likeness (QED) is 0.687. The Bertz CT molecular complexity index is 714. The Balaban J connectivity index is 1.63. The number of hydrogen-bond donors (Lipinski definition) is 0. The van der Waals surface area contributed by atoms with Crippen molar-refractivity contribution in [3.05, 3.63) is 47.0 Å². The van der Waals surface area contributed by atoms with Crippen LogP contribution in [0.5, 0.6) is 0 Å². The number of esters is 1. The van der Waals surface area contributed by atoms with Gasteiger partial charge in [-0.15, -0.1) is 11.3 Å². The van der Waals surface area contributed by atoms with E-state index in [0.29, 0.717) is 17.3 Å². The van der Waals surface area contributed by atoms with E-state index in [-0.39, 0.29) is 12.4 Å². The molecule has 0 aliphatic carbocycles. The molecule has 3 rings (SSSR count). The highest BCUT2D eigenvalue weighted by molar-refractivity contribution is 7.13. The van der Waals surface area contributed by atoms with Gasteiger partial charge in [-0.05, 0) is 18.4 Å². The maximum Gasteiger partial charge on any atom is 0.377 e. The average Bonchev–Trinajstić information content (AvgIpc) is 3.16. The van der Waals surface area contributed by atoms with Gasteiger partial charge in [-0.3, -0.25) is 0 Å². The van der Waals surface area contributed by atoms with Crippen molar-refractivity contribution < 1.29 is 18.5 Å². The first kappa shape index (κ1) is 12.6. The van der Waals surface area contributed by atoms with Crippen LogP contribution in [-0.4, -0.2) is 16.1 Å².